The van der Waals surface area contributed by atoms with Crippen LogP contribution < -0.4 is 24.8 Å². The molecule has 9 heteroatoms. The molecule has 2 aromatic carbocycles. The lowest BCUT2D eigenvalue weighted by molar-refractivity contribution is -0.274. The maximum atomic E-state index is 12.5. The van der Waals surface area contributed by atoms with Crippen LogP contribution in [0.15, 0.2) is 47.5 Å². The molecule has 6 nitrogen and oxygen atoms in total. The van der Waals surface area contributed by atoms with Crippen LogP contribution in [-0.4, -0.2) is 33.1 Å². The molecule has 0 aliphatic rings. The van der Waals surface area contributed by atoms with Gasteiger partial charge in [-0.15, -0.1) is 13.2 Å². The Morgan fingerprint density at radius 2 is 1.72 bits per heavy atom. The first kappa shape index (κ1) is 22.2. The molecule has 0 atom stereocenters. The molecule has 0 amide bonds. The summed E-state index contributed by atoms with van der Waals surface area (Å²) in [5.74, 6) is 1.45. The minimum atomic E-state index is -4.75. The van der Waals surface area contributed by atoms with E-state index < -0.39 is 6.36 Å². The van der Waals surface area contributed by atoms with E-state index in [-0.39, 0.29) is 12.3 Å². The molecule has 0 spiro atoms. The van der Waals surface area contributed by atoms with E-state index in [1.54, 1.807) is 26.3 Å². The lowest BCUT2D eigenvalue weighted by Gasteiger charge is -2.16. The van der Waals surface area contributed by atoms with Crippen LogP contribution in [0.2, 0.25) is 0 Å². The lowest BCUT2D eigenvalue weighted by Crippen LogP contribution is -2.36. The fraction of sp³-hybridized carbons (Fsp3) is 0.350. The summed E-state index contributed by atoms with van der Waals surface area (Å²) in [6.45, 7) is 2.94. The van der Waals surface area contributed by atoms with Crippen molar-refractivity contribution in [1.82, 2.24) is 10.6 Å². The van der Waals surface area contributed by atoms with Crippen molar-refractivity contribution in [3.8, 4) is 17.2 Å². The van der Waals surface area contributed by atoms with E-state index in [4.69, 9.17) is 9.47 Å². The van der Waals surface area contributed by atoms with Gasteiger partial charge in [-0.3, -0.25) is 4.99 Å². The Kier molecular flexibility index (Phi) is 7.99. The van der Waals surface area contributed by atoms with Crippen LogP contribution in [0.3, 0.4) is 0 Å². The monoisotopic (exact) mass is 411 g/mol. The van der Waals surface area contributed by atoms with Gasteiger partial charge in [0.1, 0.15) is 5.75 Å². The highest BCUT2D eigenvalue weighted by molar-refractivity contribution is 5.79. The van der Waals surface area contributed by atoms with E-state index in [0.29, 0.717) is 36.2 Å². The Morgan fingerprint density at radius 3 is 2.38 bits per heavy atom. The molecule has 0 bridgehead atoms. The number of nitrogens with zero attached hydrogens (tertiary/aromatic N) is 1. The highest BCUT2D eigenvalue weighted by Gasteiger charge is 2.31. The van der Waals surface area contributed by atoms with Gasteiger partial charge in [0.25, 0.3) is 0 Å². The van der Waals surface area contributed by atoms with Gasteiger partial charge >= 0.3 is 6.36 Å². The Morgan fingerprint density at radius 1 is 1.00 bits per heavy atom. The van der Waals surface area contributed by atoms with E-state index in [1.807, 2.05) is 25.1 Å². The summed E-state index contributed by atoms with van der Waals surface area (Å²) in [7, 11) is 3.15. The zero-order valence-corrected chi connectivity index (χ0v) is 16.5. The van der Waals surface area contributed by atoms with Gasteiger partial charge in [0.05, 0.1) is 13.7 Å². The van der Waals surface area contributed by atoms with Crippen molar-refractivity contribution in [2.24, 2.45) is 4.99 Å². The SMILES string of the molecule is CCOc1cc(CNC(=NC)NCc2ccccc2OC(F)(F)F)ccc1OC. The molecule has 2 aromatic rings. The van der Waals surface area contributed by atoms with Crippen LogP contribution in [0.5, 0.6) is 17.2 Å². The third-order valence-electron chi connectivity index (χ3n) is 3.86. The second-order valence-corrected chi connectivity index (χ2v) is 5.85. The van der Waals surface area contributed by atoms with Crippen molar-refractivity contribution in [1.29, 1.82) is 0 Å². The number of benzene rings is 2. The quantitative estimate of drug-likeness (QED) is 0.510. The van der Waals surface area contributed by atoms with E-state index in [1.165, 1.54) is 12.1 Å². The normalized spacial score (nSPS) is 11.7. The first-order valence-electron chi connectivity index (χ1n) is 8.94. The highest BCUT2D eigenvalue weighted by Crippen LogP contribution is 2.28. The standard InChI is InChI=1S/C20H24F3N3O3/c1-4-28-18-11-14(9-10-17(18)27-3)12-25-19(24-2)26-13-15-7-5-6-8-16(15)29-20(21,22)23/h5-11H,4,12-13H2,1-3H3,(H2,24,25,26). The number of aliphatic imine (C=N–C) groups is 1. The summed E-state index contributed by atoms with van der Waals surface area (Å²) in [4.78, 5) is 4.09. The highest BCUT2D eigenvalue weighted by atomic mass is 19.4. The number of hydrogen-bond acceptors (Lipinski definition) is 4. The molecule has 0 fully saturated rings. The van der Waals surface area contributed by atoms with Crippen molar-refractivity contribution in [3.63, 3.8) is 0 Å². The molecule has 29 heavy (non-hydrogen) atoms. The third-order valence-corrected chi connectivity index (χ3v) is 3.86. The number of nitrogens with one attached hydrogen (secondary N) is 2. The van der Waals surface area contributed by atoms with Crippen LogP contribution in [-0.2, 0) is 13.1 Å². The maximum absolute atomic E-state index is 12.5. The molecule has 2 rings (SSSR count). The smallest absolute Gasteiger partial charge is 0.493 e. The molecule has 0 heterocycles. The second-order valence-electron chi connectivity index (χ2n) is 5.85. The number of guanidine groups is 1. The lowest BCUT2D eigenvalue weighted by atomic mass is 10.2. The topological polar surface area (TPSA) is 64.1 Å². The zero-order chi connectivity index (χ0) is 21.3. The van der Waals surface area contributed by atoms with Crippen LogP contribution in [0, 0.1) is 0 Å². The fourth-order valence-electron chi connectivity index (χ4n) is 2.56. The van der Waals surface area contributed by atoms with Crippen molar-refractivity contribution in [3.05, 3.63) is 53.6 Å². The molecular formula is C20H24F3N3O3. The van der Waals surface area contributed by atoms with E-state index >= 15 is 0 Å². The minimum Gasteiger partial charge on any atom is -0.493 e. The van der Waals surface area contributed by atoms with Gasteiger partial charge in [-0.2, -0.15) is 0 Å². The molecule has 2 N–H and O–H groups in total. The number of halogens is 3. The van der Waals surface area contributed by atoms with Crippen molar-refractivity contribution >= 4 is 5.96 Å². The second kappa shape index (κ2) is 10.4. The van der Waals surface area contributed by atoms with Crippen molar-refractivity contribution < 1.29 is 27.4 Å². The number of hydrogen-bond donors (Lipinski definition) is 2. The molecule has 0 aliphatic heterocycles. The van der Waals surface area contributed by atoms with Gasteiger partial charge in [-0.25, -0.2) is 0 Å². The van der Waals surface area contributed by atoms with Crippen LogP contribution in [0.1, 0.15) is 18.1 Å². The molecular weight excluding hydrogens is 387 g/mol. The number of alkyl halides is 3. The van der Waals surface area contributed by atoms with Crippen LogP contribution >= 0.6 is 0 Å². The van der Waals surface area contributed by atoms with Crippen molar-refractivity contribution in [2.75, 3.05) is 20.8 Å². The molecule has 0 aliphatic carbocycles. The van der Waals surface area contributed by atoms with Crippen molar-refractivity contribution in [2.45, 2.75) is 26.4 Å². The summed E-state index contributed by atoms with van der Waals surface area (Å²) < 4.78 is 52.5. The summed E-state index contributed by atoms with van der Waals surface area (Å²) in [5, 5.41) is 6.09. The third kappa shape index (κ3) is 7.10. The molecule has 0 saturated heterocycles. The zero-order valence-electron chi connectivity index (χ0n) is 16.5. The predicted octanol–water partition coefficient (Wildman–Crippen LogP) is 3.86. The van der Waals surface area contributed by atoms with Gasteiger partial charge in [0, 0.05) is 25.7 Å². The minimum absolute atomic E-state index is 0.110. The maximum Gasteiger partial charge on any atom is 0.573 e. The largest absolute Gasteiger partial charge is 0.573 e. The van der Waals surface area contributed by atoms with Gasteiger partial charge in [-0.1, -0.05) is 24.3 Å². The molecule has 0 radical (unpaired) electrons. The molecule has 0 unspecified atom stereocenters. The van der Waals surface area contributed by atoms with Crippen LogP contribution in [0.25, 0.3) is 0 Å². The molecule has 158 valence electrons. The Balaban J connectivity index is 1.98. The summed E-state index contributed by atoms with van der Waals surface area (Å²) >= 11 is 0. The Hall–Kier alpha value is -3.10. The summed E-state index contributed by atoms with van der Waals surface area (Å²) in [5.41, 5.74) is 1.29. The fourth-order valence-corrected chi connectivity index (χ4v) is 2.56. The predicted molar refractivity (Wildman–Crippen MR) is 104 cm³/mol. The van der Waals surface area contributed by atoms with Gasteiger partial charge in [0.2, 0.25) is 0 Å². The number of ether oxygens (including phenoxy) is 3. The van der Waals surface area contributed by atoms with Gasteiger partial charge < -0.3 is 24.8 Å². The van der Waals surface area contributed by atoms with Crippen LogP contribution in [0.4, 0.5) is 13.2 Å². The number of rotatable bonds is 8. The summed E-state index contributed by atoms with van der Waals surface area (Å²) in [6, 6.07) is 11.5. The average Bonchev–Trinajstić information content (AvgIpc) is 2.68. The Labute approximate surface area is 167 Å². The van der Waals surface area contributed by atoms with Gasteiger partial charge in [0.15, 0.2) is 17.5 Å². The van der Waals surface area contributed by atoms with Gasteiger partial charge in [-0.05, 0) is 30.7 Å². The Bertz CT molecular complexity index is 826. The van der Waals surface area contributed by atoms with E-state index in [9.17, 15) is 13.2 Å². The first-order chi connectivity index (χ1) is 13.9. The number of methoxy groups -OCH3 is 1. The van der Waals surface area contributed by atoms with E-state index in [0.717, 1.165) is 5.56 Å². The number of para-hydroxylation sites is 1. The van der Waals surface area contributed by atoms with E-state index in [2.05, 4.69) is 20.4 Å². The molecule has 0 aromatic heterocycles. The average molecular weight is 411 g/mol. The first-order valence-corrected chi connectivity index (χ1v) is 8.94. The summed E-state index contributed by atoms with van der Waals surface area (Å²) in [6.07, 6.45) is -4.75. The molecule has 0 saturated carbocycles.